The van der Waals surface area contributed by atoms with E-state index in [1.54, 1.807) is 0 Å². The van der Waals surface area contributed by atoms with Gasteiger partial charge in [-0.05, 0) is 51.9 Å². The fraction of sp³-hybridized carbons (Fsp3) is 0. The monoisotopic (exact) mass is 436 g/mol. The van der Waals surface area contributed by atoms with Crippen LogP contribution in [0, 0.1) is 7.14 Å². The zero-order chi connectivity index (χ0) is 10.2. The van der Waals surface area contributed by atoms with Crippen molar-refractivity contribution < 1.29 is 0 Å². The van der Waals surface area contributed by atoms with Crippen molar-refractivity contribution in [1.29, 1.82) is 0 Å². The van der Waals surface area contributed by atoms with E-state index in [2.05, 4.69) is 82.1 Å². The summed E-state index contributed by atoms with van der Waals surface area (Å²) in [7, 11) is 0. The summed E-state index contributed by atoms with van der Waals surface area (Å²) in [6.07, 6.45) is 0. The summed E-state index contributed by atoms with van der Waals surface area (Å²) in [5.74, 6) is 0. The highest BCUT2D eigenvalue weighted by Crippen LogP contribution is 2.41. The van der Waals surface area contributed by atoms with Crippen LogP contribution in [-0.2, 0) is 0 Å². The lowest BCUT2D eigenvalue weighted by Gasteiger charge is -2.11. The first-order valence-corrected chi connectivity index (χ1v) is 6.21. The summed E-state index contributed by atoms with van der Waals surface area (Å²) in [5.41, 5.74) is 7.10. The minimum Gasteiger partial charge on any atom is -0.397 e. The number of anilines is 1. The molecule has 0 saturated carbocycles. The lowest BCUT2D eigenvalue weighted by atomic mass is 10.3. The number of aliphatic imine (C=N–C) groups is 1. The average Bonchev–Trinajstić information content (AvgIpc) is 2.13. The standard InChI is InChI=1S/C7H6I2N2S2/c1-11-5-6(12)3(9)2(8)4(10)7(5)13/h12-13H,1,10H2. The van der Waals surface area contributed by atoms with Gasteiger partial charge in [0, 0.05) is 8.47 Å². The highest BCUT2D eigenvalue weighted by atomic mass is 127. The first-order chi connectivity index (χ1) is 6.00. The van der Waals surface area contributed by atoms with Crippen LogP contribution in [0.25, 0.3) is 0 Å². The quantitative estimate of drug-likeness (QED) is 0.269. The number of rotatable bonds is 1. The fourth-order valence-corrected chi connectivity index (χ4v) is 3.01. The van der Waals surface area contributed by atoms with Crippen LogP contribution in [0.3, 0.4) is 0 Å². The summed E-state index contributed by atoms with van der Waals surface area (Å²) in [6.45, 7) is 3.46. The van der Waals surface area contributed by atoms with Crippen molar-refractivity contribution in [1.82, 2.24) is 0 Å². The van der Waals surface area contributed by atoms with E-state index < -0.39 is 0 Å². The normalized spacial score (nSPS) is 10.2. The molecule has 1 aromatic carbocycles. The molecule has 13 heavy (non-hydrogen) atoms. The van der Waals surface area contributed by atoms with Crippen molar-refractivity contribution >= 4 is 88.5 Å². The van der Waals surface area contributed by atoms with Crippen LogP contribution >= 0.6 is 70.4 Å². The Morgan fingerprint density at radius 2 is 1.69 bits per heavy atom. The molecular formula is C7H6I2N2S2. The van der Waals surface area contributed by atoms with Gasteiger partial charge in [0.05, 0.1) is 19.8 Å². The summed E-state index contributed by atoms with van der Waals surface area (Å²) in [6, 6.07) is 0. The van der Waals surface area contributed by atoms with Gasteiger partial charge in [-0.1, -0.05) is 0 Å². The maximum Gasteiger partial charge on any atom is 0.0921 e. The molecule has 0 bridgehead atoms. The first kappa shape index (κ1) is 11.9. The van der Waals surface area contributed by atoms with Crippen LogP contribution in [0.15, 0.2) is 14.8 Å². The van der Waals surface area contributed by atoms with Gasteiger partial charge in [-0.15, -0.1) is 25.3 Å². The number of hydrogen-bond donors (Lipinski definition) is 3. The minimum atomic E-state index is 0.633. The molecule has 2 N–H and O–H groups in total. The van der Waals surface area contributed by atoms with Crippen LogP contribution in [0.5, 0.6) is 0 Å². The molecule has 0 saturated heterocycles. The number of nitrogens with two attached hydrogens (primary N) is 1. The first-order valence-electron chi connectivity index (χ1n) is 3.15. The number of nitrogen functional groups attached to an aromatic ring is 1. The molecule has 0 radical (unpaired) electrons. The Balaban J connectivity index is 3.66. The lowest BCUT2D eigenvalue weighted by Crippen LogP contribution is -1.96. The van der Waals surface area contributed by atoms with E-state index >= 15 is 0 Å². The van der Waals surface area contributed by atoms with Gasteiger partial charge in [0.15, 0.2) is 0 Å². The minimum absolute atomic E-state index is 0.633. The predicted octanol–water partition coefficient (Wildman–Crippen LogP) is 3.39. The van der Waals surface area contributed by atoms with E-state index in [1.165, 1.54) is 0 Å². The average molecular weight is 436 g/mol. The molecule has 1 aromatic rings. The van der Waals surface area contributed by atoms with Crippen LogP contribution in [-0.4, -0.2) is 6.72 Å². The molecule has 0 atom stereocenters. The molecule has 6 heteroatoms. The number of thiol groups is 2. The van der Waals surface area contributed by atoms with E-state index in [0.29, 0.717) is 16.3 Å². The topological polar surface area (TPSA) is 38.4 Å². The Labute approximate surface area is 115 Å². The largest absolute Gasteiger partial charge is 0.397 e. The van der Waals surface area contributed by atoms with Gasteiger partial charge in [0.2, 0.25) is 0 Å². The van der Waals surface area contributed by atoms with E-state index in [1.807, 2.05) is 0 Å². The molecule has 0 aromatic heterocycles. The summed E-state index contributed by atoms with van der Waals surface area (Å²) in [4.78, 5) is 5.26. The zero-order valence-electron chi connectivity index (χ0n) is 6.38. The molecular weight excluding hydrogens is 430 g/mol. The Morgan fingerprint density at radius 3 is 2.15 bits per heavy atom. The van der Waals surface area contributed by atoms with Crippen molar-refractivity contribution in [2.75, 3.05) is 5.73 Å². The molecule has 0 spiro atoms. The molecule has 0 aliphatic heterocycles. The summed E-state index contributed by atoms with van der Waals surface area (Å²) >= 11 is 12.9. The van der Waals surface area contributed by atoms with Gasteiger partial charge >= 0.3 is 0 Å². The van der Waals surface area contributed by atoms with E-state index in [-0.39, 0.29) is 0 Å². The molecule has 0 fully saturated rings. The fourth-order valence-electron chi connectivity index (χ4n) is 0.820. The molecule has 2 nitrogen and oxygen atoms in total. The second-order valence-corrected chi connectivity index (χ2v) is 5.30. The highest BCUT2D eigenvalue weighted by Gasteiger charge is 2.14. The van der Waals surface area contributed by atoms with E-state index in [4.69, 9.17) is 5.73 Å². The molecule has 0 aliphatic rings. The molecule has 0 aliphatic carbocycles. The van der Waals surface area contributed by atoms with Gasteiger partial charge < -0.3 is 5.73 Å². The summed E-state index contributed by atoms with van der Waals surface area (Å²) < 4.78 is 1.94. The smallest absolute Gasteiger partial charge is 0.0921 e. The molecule has 1 rings (SSSR count). The van der Waals surface area contributed by atoms with Crippen LogP contribution in [0.1, 0.15) is 0 Å². The van der Waals surface area contributed by atoms with Crippen LogP contribution in [0.2, 0.25) is 0 Å². The van der Waals surface area contributed by atoms with Crippen molar-refractivity contribution in [2.45, 2.75) is 9.79 Å². The van der Waals surface area contributed by atoms with Gasteiger partial charge in [-0.25, -0.2) is 0 Å². The Morgan fingerprint density at radius 1 is 1.15 bits per heavy atom. The molecule has 0 heterocycles. The van der Waals surface area contributed by atoms with Gasteiger partial charge in [-0.2, -0.15) is 0 Å². The Kier molecular flexibility index (Phi) is 4.20. The van der Waals surface area contributed by atoms with Gasteiger partial charge in [0.1, 0.15) is 0 Å². The van der Waals surface area contributed by atoms with Crippen LogP contribution in [0.4, 0.5) is 11.4 Å². The number of nitrogens with zero attached hydrogens (tertiary/aromatic N) is 1. The maximum absolute atomic E-state index is 5.82. The molecule has 70 valence electrons. The van der Waals surface area contributed by atoms with E-state index in [0.717, 1.165) is 12.0 Å². The number of hydrogen-bond acceptors (Lipinski definition) is 4. The number of halogens is 2. The van der Waals surface area contributed by atoms with Crippen molar-refractivity contribution in [3.8, 4) is 0 Å². The third-order valence-corrected chi connectivity index (χ3v) is 6.04. The van der Waals surface area contributed by atoms with Crippen molar-refractivity contribution in [3.63, 3.8) is 0 Å². The Hall–Kier alpha value is 0.850. The third kappa shape index (κ3) is 2.10. The van der Waals surface area contributed by atoms with Crippen molar-refractivity contribution in [3.05, 3.63) is 7.14 Å². The zero-order valence-corrected chi connectivity index (χ0v) is 12.5. The summed E-state index contributed by atoms with van der Waals surface area (Å²) in [5, 5.41) is 0. The second-order valence-electron chi connectivity index (χ2n) is 2.25. The predicted molar refractivity (Wildman–Crippen MR) is 80.0 cm³/mol. The molecule has 0 amide bonds. The molecule has 0 unspecified atom stereocenters. The third-order valence-electron chi connectivity index (χ3n) is 1.50. The van der Waals surface area contributed by atoms with Crippen LogP contribution < -0.4 is 5.73 Å². The SMILES string of the molecule is C=Nc1c(S)c(N)c(I)c(I)c1S. The number of benzene rings is 1. The highest BCUT2D eigenvalue weighted by molar-refractivity contribution is 14.1. The maximum atomic E-state index is 5.82. The van der Waals surface area contributed by atoms with Gasteiger partial charge in [0.25, 0.3) is 0 Å². The Bertz CT molecular complexity index is 350. The lowest BCUT2D eigenvalue weighted by molar-refractivity contribution is 1.25. The van der Waals surface area contributed by atoms with Crippen molar-refractivity contribution in [2.24, 2.45) is 4.99 Å². The van der Waals surface area contributed by atoms with Gasteiger partial charge in [-0.3, -0.25) is 4.99 Å². The second kappa shape index (κ2) is 4.58. The van der Waals surface area contributed by atoms with E-state index in [9.17, 15) is 0 Å².